The summed E-state index contributed by atoms with van der Waals surface area (Å²) in [6, 6.07) is 4.68. The van der Waals surface area contributed by atoms with Crippen molar-refractivity contribution in [1.29, 1.82) is 0 Å². The molecule has 0 aliphatic heterocycles. The lowest BCUT2D eigenvalue weighted by atomic mass is 10.1. The van der Waals surface area contributed by atoms with Crippen molar-refractivity contribution in [3.05, 3.63) is 35.3 Å². The molecule has 0 amide bonds. The van der Waals surface area contributed by atoms with E-state index in [0.29, 0.717) is 35.2 Å². The minimum Gasteiger partial charge on any atom is -0.491 e. The van der Waals surface area contributed by atoms with Crippen LogP contribution in [0.3, 0.4) is 0 Å². The van der Waals surface area contributed by atoms with E-state index in [0.717, 1.165) is 12.7 Å². The molecule has 0 bridgehead atoms. The maximum atomic E-state index is 13.8. The highest BCUT2D eigenvalue weighted by Gasteiger charge is 2.10. The van der Waals surface area contributed by atoms with Gasteiger partial charge in [-0.1, -0.05) is 13.3 Å². The molecule has 100 valence electrons. The first-order valence-corrected chi connectivity index (χ1v) is 6.40. The maximum Gasteiger partial charge on any atom is 0.167 e. The van der Waals surface area contributed by atoms with Gasteiger partial charge in [-0.25, -0.2) is 4.39 Å². The lowest BCUT2D eigenvalue weighted by Crippen LogP contribution is -2.00. The Balaban J connectivity index is 2.60. The number of hydrogen-bond acceptors (Lipinski definition) is 3. The fourth-order valence-electron chi connectivity index (χ4n) is 2.04. The predicted molar refractivity (Wildman–Crippen MR) is 72.3 cm³/mol. The van der Waals surface area contributed by atoms with Crippen molar-refractivity contribution in [1.82, 2.24) is 4.98 Å². The molecule has 19 heavy (non-hydrogen) atoms. The van der Waals surface area contributed by atoms with Crippen molar-refractivity contribution in [3.8, 4) is 5.75 Å². The third kappa shape index (κ3) is 2.72. The second-order valence-corrected chi connectivity index (χ2v) is 4.30. The van der Waals surface area contributed by atoms with Gasteiger partial charge in [0.05, 0.1) is 17.8 Å². The topological polar surface area (TPSA) is 39.2 Å². The van der Waals surface area contributed by atoms with E-state index in [2.05, 4.69) is 4.98 Å². The Labute approximate surface area is 111 Å². The molecule has 0 N–H and O–H groups in total. The molecule has 4 heteroatoms. The molecule has 0 atom stereocenters. The lowest BCUT2D eigenvalue weighted by molar-refractivity contribution is 0.112. The summed E-state index contributed by atoms with van der Waals surface area (Å²) in [5.74, 6) is -0.236. The number of benzene rings is 1. The average molecular weight is 261 g/mol. The van der Waals surface area contributed by atoms with Crippen LogP contribution < -0.4 is 4.74 Å². The Morgan fingerprint density at radius 2 is 2.11 bits per heavy atom. The number of nitrogens with zero attached hydrogens (tertiary/aromatic N) is 1. The molecule has 0 unspecified atom stereocenters. The number of carbonyl (C=O) groups is 1. The molecule has 2 aromatic rings. The lowest BCUT2D eigenvalue weighted by Gasteiger charge is -2.09. The minimum absolute atomic E-state index is 0.192. The molecule has 1 heterocycles. The molecule has 0 fully saturated rings. The van der Waals surface area contributed by atoms with Crippen LogP contribution in [-0.4, -0.2) is 17.9 Å². The van der Waals surface area contributed by atoms with Crippen molar-refractivity contribution in [2.75, 3.05) is 6.61 Å². The van der Waals surface area contributed by atoms with Crippen LogP contribution in [0.2, 0.25) is 0 Å². The molecular weight excluding hydrogens is 245 g/mol. The highest BCUT2D eigenvalue weighted by Crippen LogP contribution is 2.25. The van der Waals surface area contributed by atoms with Crippen LogP contribution in [0.5, 0.6) is 5.75 Å². The van der Waals surface area contributed by atoms with Crippen molar-refractivity contribution in [3.63, 3.8) is 0 Å². The van der Waals surface area contributed by atoms with Gasteiger partial charge in [0.2, 0.25) is 0 Å². The van der Waals surface area contributed by atoms with Gasteiger partial charge >= 0.3 is 0 Å². The zero-order valence-electron chi connectivity index (χ0n) is 11.1. The highest BCUT2D eigenvalue weighted by atomic mass is 19.1. The van der Waals surface area contributed by atoms with Gasteiger partial charge in [0.25, 0.3) is 0 Å². The van der Waals surface area contributed by atoms with Gasteiger partial charge in [-0.05, 0) is 25.5 Å². The number of carbonyl (C=O) groups excluding carboxylic acids is 1. The Morgan fingerprint density at radius 1 is 1.32 bits per heavy atom. The van der Waals surface area contributed by atoms with Crippen LogP contribution in [-0.2, 0) is 6.42 Å². The quantitative estimate of drug-likeness (QED) is 0.773. The van der Waals surface area contributed by atoms with Crippen LogP contribution in [0.4, 0.5) is 4.39 Å². The number of hydrogen-bond donors (Lipinski definition) is 0. The molecule has 1 aromatic heterocycles. The summed E-state index contributed by atoms with van der Waals surface area (Å²) in [6.07, 6.45) is 2.39. The third-order valence-corrected chi connectivity index (χ3v) is 2.89. The number of pyridine rings is 1. The molecule has 3 nitrogen and oxygen atoms in total. The normalized spacial score (nSPS) is 10.7. The fraction of sp³-hybridized carbons (Fsp3) is 0.333. The van der Waals surface area contributed by atoms with E-state index in [9.17, 15) is 9.18 Å². The van der Waals surface area contributed by atoms with Crippen LogP contribution in [0.1, 0.15) is 36.3 Å². The average Bonchev–Trinajstić information content (AvgIpc) is 2.40. The van der Waals surface area contributed by atoms with Crippen LogP contribution >= 0.6 is 0 Å². The van der Waals surface area contributed by atoms with Crippen molar-refractivity contribution in [2.45, 2.75) is 26.7 Å². The summed E-state index contributed by atoms with van der Waals surface area (Å²) in [4.78, 5) is 15.4. The summed E-state index contributed by atoms with van der Waals surface area (Å²) in [5.41, 5.74) is 1.83. The summed E-state index contributed by atoms with van der Waals surface area (Å²) in [6.45, 7) is 4.20. The van der Waals surface area contributed by atoms with Gasteiger partial charge in [0.1, 0.15) is 0 Å². The van der Waals surface area contributed by atoms with Gasteiger partial charge in [0, 0.05) is 17.0 Å². The Kier molecular flexibility index (Phi) is 4.10. The van der Waals surface area contributed by atoms with E-state index in [1.165, 1.54) is 6.07 Å². The summed E-state index contributed by atoms with van der Waals surface area (Å²) in [5, 5.41) is 0.715. The van der Waals surface area contributed by atoms with Gasteiger partial charge in [-0.2, -0.15) is 0 Å². The van der Waals surface area contributed by atoms with Crippen molar-refractivity contribution in [2.24, 2.45) is 0 Å². The van der Waals surface area contributed by atoms with Crippen molar-refractivity contribution < 1.29 is 13.9 Å². The van der Waals surface area contributed by atoms with E-state index in [-0.39, 0.29) is 5.75 Å². The number of rotatable bonds is 5. The van der Waals surface area contributed by atoms with Crippen LogP contribution in [0.25, 0.3) is 10.9 Å². The molecular formula is C15H16FNO2. The Morgan fingerprint density at radius 3 is 2.74 bits per heavy atom. The summed E-state index contributed by atoms with van der Waals surface area (Å²) < 4.78 is 19.0. The molecule has 0 aliphatic rings. The van der Waals surface area contributed by atoms with Crippen LogP contribution in [0, 0.1) is 5.82 Å². The number of aryl methyl sites for hydroxylation is 1. The molecule has 2 rings (SSSR count). The second kappa shape index (κ2) is 5.78. The predicted octanol–water partition coefficient (Wildman–Crippen LogP) is 3.54. The van der Waals surface area contributed by atoms with Crippen molar-refractivity contribution >= 4 is 17.2 Å². The monoisotopic (exact) mass is 261 g/mol. The smallest absolute Gasteiger partial charge is 0.167 e. The first-order chi connectivity index (χ1) is 9.19. The molecule has 1 aromatic carbocycles. The Bertz CT molecular complexity index is 611. The minimum atomic E-state index is -0.428. The summed E-state index contributed by atoms with van der Waals surface area (Å²) >= 11 is 0. The third-order valence-electron chi connectivity index (χ3n) is 2.89. The van der Waals surface area contributed by atoms with Gasteiger partial charge in [-0.15, -0.1) is 0 Å². The Hall–Kier alpha value is -1.97. The van der Waals surface area contributed by atoms with Gasteiger partial charge in [-0.3, -0.25) is 9.78 Å². The zero-order valence-corrected chi connectivity index (χ0v) is 11.1. The second-order valence-electron chi connectivity index (χ2n) is 4.30. The number of fused-ring (bicyclic) bond motifs is 1. The number of halogens is 1. The van der Waals surface area contributed by atoms with E-state index in [4.69, 9.17) is 4.74 Å². The molecule has 0 radical (unpaired) electrons. The number of aldehydes is 1. The standard InChI is InChI=1S/C15H16FNO2/c1-3-5-13-11(9-18)6-10-7-15(19-4-2)12(16)8-14(10)17-13/h6-9H,3-5H2,1-2H3. The van der Waals surface area contributed by atoms with E-state index >= 15 is 0 Å². The molecule has 0 saturated heterocycles. The first kappa shape index (κ1) is 13.5. The van der Waals surface area contributed by atoms with Crippen LogP contribution in [0.15, 0.2) is 18.2 Å². The van der Waals surface area contributed by atoms with Gasteiger partial charge < -0.3 is 4.74 Å². The maximum absolute atomic E-state index is 13.8. The van der Waals surface area contributed by atoms with E-state index < -0.39 is 5.82 Å². The molecule has 0 aliphatic carbocycles. The SMILES string of the molecule is CCCc1nc2cc(F)c(OCC)cc2cc1C=O. The highest BCUT2D eigenvalue weighted by molar-refractivity contribution is 5.88. The van der Waals surface area contributed by atoms with E-state index in [1.54, 1.807) is 19.1 Å². The molecule has 0 saturated carbocycles. The number of aromatic nitrogens is 1. The number of ether oxygens (including phenoxy) is 1. The first-order valence-electron chi connectivity index (χ1n) is 6.40. The summed E-state index contributed by atoms with van der Waals surface area (Å²) in [7, 11) is 0. The van der Waals surface area contributed by atoms with Gasteiger partial charge in [0.15, 0.2) is 17.9 Å². The largest absolute Gasteiger partial charge is 0.491 e. The molecule has 0 spiro atoms. The zero-order chi connectivity index (χ0) is 13.8. The fourth-order valence-corrected chi connectivity index (χ4v) is 2.04. The van der Waals surface area contributed by atoms with E-state index in [1.807, 2.05) is 6.92 Å².